The van der Waals surface area contributed by atoms with Gasteiger partial charge in [0.05, 0.1) is 0 Å². The van der Waals surface area contributed by atoms with Gasteiger partial charge in [-0.3, -0.25) is 0 Å². The van der Waals surface area contributed by atoms with Gasteiger partial charge >= 0.3 is 11.9 Å². The third kappa shape index (κ3) is 4.77. The fraction of sp³-hybridized carbons (Fsp3) is 0.545. The van der Waals surface area contributed by atoms with E-state index >= 15 is 0 Å². The third-order valence-electron chi connectivity index (χ3n) is 5.61. The number of fused-ring (bicyclic) bond motifs is 2. The Kier molecular flexibility index (Phi) is 6.68. The maximum Gasteiger partial charge on any atom is 0.356 e. The molecule has 0 radical (unpaired) electrons. The molecule has 6 heteroatoms. The Hall–Kier alpha value is -1.40. The monoisotopic (exact) mass is 420 g/mol. The zero-order valence-corrected chi connectivity index (χ0v) is 17.8. The van der Waals surface area contributed by atoms with Crippen LogP contribution in [0.2, 0.25) is 0 Å². The van der Waals surface area contributed by atoms with E-state index in [1.165, 1.54) is 35.5 Å². The van der Waals surface area contributed by atoms with Crippen LogP contribution in [-0.4, -0.2) is 48.2 Å². The smallest absolute Gasteiger partial charge is 0.356 e. The van der Waals surface area contributed by atoms with E-state index in [0.717, 1.165) is 11.5 Å². The van der Waals surface area contributed by atoms with Crippen LogP contribution in [0.3, 0.4) is 0 Å². The fourth-order valence-electron chi connectivity index (χ4n) is 4.28. The minimum Gasteiger partial charge on any atom is -0.459 e. The minimum atomic E-state index is -0.174. The fourth-order valence-corrected chi connectivity index (χ4v) is 8.93. The zero-order chi connectivity index (χ0) is 19.3. The molecule has 0 aromatic carbocycles. The molecule has 2 saturated heterocycles. The molecule has 0 spiro atoms. The Bertz CT molecular complexity index is 675. The molecule has 0 aromatic heterocycles. The van der Waals surface area contributed by atoms with Crippen LogP contribution in [0.4, 0.5) is 0 Å². The van der Waals surface area contributed by atoms with E-state index in [1.54, 1.807) is 0 Å². The van der Waals surface area contributed by atoms with Gasteiger partial charge in [-0.15, -0.1) is 0 Å². The van der Waals surface area contributed by atoms with Crippen molar-refractivity contribution in [2.75, 3.05) is 36.2 Å². The van der Waals surface area contributed by atoms with Crippen molar-refractivity contribution in [2.24, 2.45) is 11.8 Å². The Labute approximate surface area is 172 Å². The van der Waals surface area contributed by atoms with Crippen LogP contribution < -0.4 is 0 Å². The molecule has 4 unspecified atom stereocenters. The highest BCUT2D eigenvalue weighted by molar-refractivity contribution is 8.01. The Morgan fingerprint density at radius 3 is 1.75 bits per heavy atom. The summed E-state index contributed by atoms with van der Waals surface area (Å²) in [7, 11) is 0.00644. The SMILES string of the molecule is O=C(C[S+]1CCCC2C=CC=C21)OCCOC(=O)C[S+]1CCCC2C=CC=C21. The molecule has 4 atom stereocenters. The number of esters is 2. The predicted octanol–water partition coefficient (Wildman–Crippen LogP) is 3.04. The number of hydrogen-bond donors (Lipinski definition) is 0. The second-order valence-electron chi connectivity index (χ2n) is 7.53. The lowest BCUT2D eigenvalue weighted by atomic mass is 10.1. The first-order valence-corrected chi connectivity index (χ1v) is 13.3. The lowest BCUT2D eigenvalue weighted by molar-refractivity contribution is -0.148. The summed E-state index contributed by atoms with van der Waals surface area (Å²) >= 11 is 0. The molecule has 4 rings (SSSR count). The van der Waals surface area contributed by atoms with Gasteiger partial charge in [-0.25, -0.2) is 9.59 Å². The first-order chi connectivity index (χ1) is 13.7. The maximum absolute atomic E-state index is 12.2. The Balaban J connectivity index is 1.13. The highest BCUT2D eigenvalue weighted by Crippen LogP contribution is 2.36. The average molecular weight is 421 g/mol. The van der Waals surface area contributed by atoms with Gasteiger partial charge < -0.3 is 9.47 Å². The molecule has 2 fully saturated rings. The van der Waals surface area contributed by atoms with E-state index in [4.69, 9.17) is 9.47 Å². The van der Waals surface area contributed by atoms with E-state index < -0.39 is 0 Å². The molecule has 4 nitrogen and oxygen atoms in total. The summed E-state index contributed by atoms with van der Waals surface area (Å²) in [5.41, 5.74) is 0. The topological polar surface area (TPSA) is 52.6 Å². The first kappa shape index (κ1) is 19.9. The van der Waals surface area contributed by atoms with E-state index in [0.29, 0.717) is 23.3 Å². The van der Waals surface area contributed by atoms with E-state index in [2.05, 4.69) is 36.5 Å². The summed E-state index contributed by atoms with van der Waals surface area (Å²) in [5.74, 6) is 3.82. The largest absolute Gasteiger partial charge is 0.459 e. The molecule has 0 aromatic rings. The molecule has 150 valence electrons. The molecule has 0 bridgehead atoms. The van der Waals surface area contributed by atoms with Crippen molar-refractivity contribution in [1.29, 1.82) is 0 Å². The normalized spacial score (nSPS) is 30.3. The molecule has 0 N–H and O–H groups in total. The molecule has 0 saturated carbocycles. The van der Waals surface area contributed by atoms with Gasteiger partial charge in [0.25, 0.3) is 0 Å². The molecule has 2 aliphatic heterocycles. The molecule has 28 heavy (non-hydrogen) atoms. The minimum absolute atomic E-state index is 0.00322. The number of carbonyl (C=O) groups is 2. The highest BCUT2D eigenvalue weighted by Gasteiger charge is 2.39. The van der Waals surface area contributed by atoms with Crippen LogP contribution in [0.15, 0.2) is 46.3 Å². The van der Waals surface area contributed by atoms with E-state index in [-0.39, 0.29) is 46.9 Å². The quantitative estimate of drug-likeness (QED) is 0.361. The predicted molar refractivity (Wildman–Crippen MR) is 116 cm³/mol. The number of ether oxygens (including phenoxy) is 2. The molecular weight excluding hydrogens is 392 g/mol. The lowest BCUT2D eigenvalue weighted by Gasteiger charge is -2.20. The van der Waals surface area contributed by atoms with Crippen molar-refractivity contribution in [2.45, 2.75) is 25.7 Å². The molecule has 4 aliphatic rings. The number of carbonyl (C=O) groups excluding carboxylic acids is 2. The molecule has 2 heterocycles. The van der Waals surface area contributed by atoms with Crippen molar-refractivity contribution >= 4 is 33.7 Å². The number of allylic oxidation sites excluding steroid dienone is 8. The third-order valence-corrected chi connectivity index (χ3v) is 10.6. The van der Waals surface area contributed by atoms with Crippen molar-refractivity contribution < 1.29 is 19.1 Å². The lowest BCUT2D eigenvalue weighted by Crippen LogP contribution is -2.30. The maximum atomic E-state index is 12.2. The number of rotatable bonds is 7. The Morgan fingerprint density at radius 2 is 1.29 bits per heavy atom. The number of hydrogen-bond acceptors (Lipinski definition) is 4. The zero-order valence-electron chi connectivity index (χ0n) is 16.1. The van der Waals surface area contributed by atoms with Crippen LogP contribution in [-0.2, 0) is 40.9 Å². The Morgan fingerprint density at radius 1 is 0.821 bits per heavy atom. The van der Waals surface area contributed by atoms with Crippen molar-refractivity contribution in [3.05, 3.63) is 46.3 Å². The molecular formula is C22H28O4S2+2. The van der Waals surface area contributed by atoms with Gasteiger partial charge in [0, 0.05) is 33.6 Å². The summed E-state index contributed by atoms with van der Waals surface area (Å²) in [6, 6.07) is 0. The van der Waals surface area contributed by atoms with Crippen LogP contribution in [0.1, 0.15) is 25.7 Å². The summed E-state index contributed by atoms with van der Waals surface area (Å²) in [6.45, 7) is 0.312. The van der Waals surface area contributed by atoms with Crippen molar-refractivity contribution in [3.63, 3.8) is 0 Å². The summed E-state index contributed by atoms with van der Waals surface area (Å²) < 4.78 is 10.7. The highest BCUT2D eigenvalue weighted by atomic mass is 32.2. The standard InChI is InChI=1S/C22H28O4S2/c23-21(15-27-13-3-7-17-5-1-9-19(17)27)25-11-12-26-22(24)16-28-14-4-8-18-6-2-10-20(18)28/h1-2,5-6,9-10,17-18H,3-4,7-8,11-16H2/q+2. The van der Waals surface area contributed by atoms with Crippen LogP contribution >= 0.6 is 0 Å². The van der Waals surface area contributed by atoms with Crippen molar-refractivity contribution in [3.8, 4) is 0 Å². The molecule has 0 amide bonds. The van der Waals surface area contributed by atoms with Gasteiger partial charge in [0.2, 0.25) is 11.5 Å². The van der Waals surface area contributed by atoms with E-state index in [1.807, 2.05) is 0 Å². The van der Waals surface area contributed by atoms with Crippen LogP contribution in [0.25, 0.3) is 0 Å². The molecule has 2 aliphatic carbocycles. The van der Waals surface area contributed by atoms with Gasteiger partial charge in [-0.2, -0.15) is 0 Å². The summed E-state index contributed by atoms with van der Waals surface area (Å²) in [4.78, 5) is 27.2. The van der Waals surface area contributed by atoms with Gasteiger partial charge in [-0.1, -0.05) is 24.3 Å². The van der Waals surface area contributed by atoms with Crippen molar-refractivity contribution in [1.82, 2.24) is 0 Å². The van der Waals surface area contributed by atoms with Gasteiger partial charge in [0.15, 0.2) is 0 Å². The second kappa shape index (κ2) is 9.40. The van der Waals surface area contributed by atoms with Gasteiger partial charge in [0.1, 0.15) is 34.5 Å². The second-order valence-corrected chi connectivity index (χ2v) is 11.8. The summed E-state index contributed by atoms with van der Waals surface area (Å²) in [6.07, 6.45) is 17.8. The van der Waals surface area contributed by atoms with Crippen LogP contribution in [0, 0.1) is 11.8 Å². The first-order valence-electron chi connectivity index (χ1n) is 10.1. The average Bonchev–Trinajstić information content (AvgIpc) is 3.35. The van der Waals surface area contributed by atoms with Crippen LogP contribution in [0.5, 0.6) is 0 Å². The van der Waals surface area contributed by atoms with E-state index in [9.17, 15) is 9.59 Å². The summed E-state index contributed by atoms with van der Waals surface area (Å²) in [5, 5.41) is 0. The van der Waals surface area contributed by atoms with Gasteiger partial charge in [-0.05, 0) is 37.8 Å².